The SMILES string of the molecule is COC(=O)Cc1c(Cl)cc(S)cc1C#N. The predicted octanol–water partition coefficient (Wildman–Crippen LogP) is 2.22. The molecule has 15 heavy (non-hydrogen) atoms. The Morgan fingerprint density at radius 1 is 1.67 bits per heavy atom. The summed E-state index contributed by atoms with van der Waals surface area (Å²) < 4.78 is 4.51. The molecule has 1 aromatic carbocycles. The van der Waals surface area contributed by atoms with E-state index < -0.39 is 5.97 Å². The number of thiol groups is 1. The molecule has 1 aromatic rings. The van der Waals surface area contributed by atoms with Crippen LogP contribution in [0.2, 0.25) is 5.02 Å². The Hall–Kier alpha value is -1.18. The molecule has 5 heteroatoms. The van der Waals surface area contributed by atoms with Gasteiger partial charge in [-0.1, -0.05) is 11.6 Å². The summed E-state index contributed by atoms with van der Waals surface area (Å²) in [4.78, 5) is 11.7. The molecule has 0 fully saturated rings. The van der Waals surface area contributed by atoms with Crippen LogP contribution in [-0.4, -0.2) is 13.1 Å². The number of methoxy groups -OCH3 is 1. The van der Waals surface area contributed by atoms with Crippen LogP contribution >= 0.6 is 24.2 Å². The van der Waals surface area contributed by atoms with Gasteiger partial charge in [-0.25, -0.2) is 0 Å². The van der Waals surface area contributed by atoms with Crippen LogP contribution < -0.4 is 0 Å². The fourth-order valence-electron chi connectivity index (χ4n) is 1.12. The molecule has 0 spiro atoms. The van der Waals surface area contributed by atoms with Crippen molar-refractivity contribution in [1.29, 1.82) is 5.26 Å². The molecule has 0 heterocycles. The Bertz CT molecular complexity index is 440. The average molecular weight is 242 g/mol. The fourth-order valence-corrected chi connectivity index (χ4v) is 1.74. The summed E-state index contributed by atoms with van der Waals surface area (Å²) in [5.74, 6) is -0.430. The van der Waals surface area contributed by atoms with Gasteiger partial charge in [0, 0.05) is 9.92 Å². The third kappa shape index (κ3) is 2.88. The molecule has 0 N–H and O–H groups in total. The van der Waals surface area contributed by atoms with E-state index in [4.69, 9.17) is 16.9 Å². The molecular formula is C10H8ClNO2S. The zero-order valence-corrected chi connectivity index (χ0v) is 9.60. The van der Waals surface area contributed by atoms with Crippen molar-refractivity contribution in [3.05, 3.63) is 28.3 Å². The van der Waals surface area contributed by atoms with E-state index in [0.29, 0.717) is 21.0 Å². The molecule has 78 valence electrons. The van der Waals surface area contributed by atoms with Crippen molar-refractivity contribution < 1.29 is 9.53 Å². The number of carbonyl (C=O) groups excluding carboxylic acids is 1. The van der Waals surface area contributed by atoms with Crippen LogP contribution in [0.15, 0.2) is 17.0 Å². The summed E-state index contributed by atoms with van der Waals surface area (Å²) in [6.45, 7) is 0. The number of nitriles is 1. The molecule has 0 aliphatic carbocycles. The minimum Gasteiger partial charge on any atom is -0.469 e. The molecule has 0 radical (unpaired) electrons. The van der Waals surface area contributed by atoms with Crippen molar-refractivity contribution in [2.45, 2.75) is 11.3 Å². The maximum absolute atomic E-state index is 11.1. The number of nitrogens with zero attached hydrogens (tertiary/aromatic N) is 1. The average Bonchev–Trinajstić information content (AvgIpc) is 2.21. The molecule has 0 amide bonds. The third-order valence-electron chi connectivity index (χ3n) is 1.85. The first kappa shape index (κ1) is 11.9. The van der Waals surface area contributed by atoms with E-state index in [2.05, 4.69) is 17.4 Å². The van der Waals surface area contributed by atoms with E-state index in [9.17, 15) is 4.79 Å². The lowest BCUT2D eigenvalue weighted by Crippen LogP contribution is -2.06. The Balaban J connectivity index is 3.17. The van der Waals surface area contributed by atoms with Gasteiger partial charge >= 0.3 is 5.97 Å². The lowest BCUT2D eigenvalue weighted by atomic mass is 10.1. The molecule has 3 nitrogen and oxygen atoms in total. The summed E-state index contributed by atoms with van der Waals surface area (Å²) in [5, 5.41) is 9.21. The smallest absolute Gasteiger partial charge is 0.310 e. The van der Waals surface area contributed by atoms with Gasteiger partial charge in [0.05, 0.1) is 25.2 Å². The van der Waals surface area contributed by atoms with Gasteiger partial charge < -0.3 is 4.74 Å². The number of hydrogen-bond acceptors (Lipinski definition) is 4. The Kier molecular flexibility index (Phi) is 4.01. The predicted molar refractivity (Wildman–Crippen MR) is 59.1 cm³/mol. The Labute approximate surface area is 98.0 Å². The number of esters is 1. The van der Waals surface area contributed by atoms with Gasteiger partial charge in [0.1, 0.15) is 0 Å². The lowest BCUT2D eigenvalue weighted by molar-refractivity contribution is -0.139. The summed E-state index contributed by atoms with van der Waals surface area (Å²) in [5.41, 5.74) is 0.821. The second-order valence-electron chi connectivity index (χ2n) is 2.82. The van der Waals surface area contributed by atoms with Crippen LogP contribution in [0.1, 0.15) is 11.1 Å². The van der Waals surface area contributed by atoms with Crippen molar-refractivity contribution in [2.24, 2.45) is 0 Å². The molecule has 0 aliphatic heterocycles. The number of ether oxygens (including phenoxy) is 1. The van der Waals surface area contributed by atoms with Gasteiger partial charge in [-0.15, -0.1) is 12.6 Å². The second-order valence-corrected chi connectivity index (χ2v) is 3.74. The van der Waals surface area contributed by atoms with E-state index in [1.807, 2.05) is 6.07 Å². The molecule has 0 aliphatic rings. The van der Waals surface area contributed by atoms with E-state index in [0.717, 1.165) is 0 Å². The van der Waals surface area contributed by atoms with Gasteiger partial charge in [-0.3, -0.25) is 4.79 Å². The molecule has 0 saturated carbocycles. The van der Waals surface area contributed by atoms with E-state index in [1.54, 1.807) is 12.1 Å². The lowest BCUT2D eigenvalue weighted by Gasteiger charge is -2.06. The van der Waals surface area contributed by atoms with Crippen molar-refractivity contribution >= 4 is 30.2 Å². The maximum atomic E-state index is 11.1. The topological polar surface area (TPSA) is 50.1 Å². The maximum Gasteiger partial charge on any atom is 0.310 e. The first-order valence-electron chi connectivity index (χ1n) is 4.06. The number of carbonyl (C=O) groups is 1. The van der Waals surface area contributed by atoms with Gasteiger partial charge in [-0.2, -0.15) is 5.26 Å². The molecule has 0 aromatic heterocycles. The van der Waals surface area contributed by atoms with Crippen molar-refractivity contribution in [3.8, 4) is 6.07 Å². The zero-order chi connectivity index (χ0) is 11.4. The summed E-state index contributed by atoms with van der Waals surface area (Å²) in [6, 6.07) is 5.12. The number of halogens is 1. The Morgan fingerprint density at radius 3 is 2.87 bits per heavy atom. The number of benzene rings is 1. The van der Waals surface area contributed by atoms with Crippen molar-refractivity contribution in [3.63, 3.8) is 0 Å². The molecule has 0 bridgehead atoms. The van der Waals surface area contributed by atoms with Gasteiger partial charge in [-0.05, 0) is 17.7 Å². The highest BCUT2D eigenvalue weighted by Crippen LogP contribution is 2.24. The first-order chi connectivity index (χ1) is 7.08. The molecule has 0 atom stereocenters. The van der Waals surface area contributed by atoms with Crippen LogP contribution in [-0.2, 0) is 16.0 Å². The number of rotatable bonds is 2. The van der Waals surface area contributed by atoms with Crippen LogP contribution in [0, 0.1) is 11.3 Å². The molecule has 1 rings (SSSR count). The summed E-state index contributed by atoms with van der Waals surface area (Å²) in [7, 11) is 1.29. The second kappa shape index (κ2) is 5.06. The fraction of sp³-hybridized carbons (Fsp3) is 0.200. The highest BCUT2D eigenvalue weighted by atomic mass is 35.5. The highest BCUT2D eigenvalue weighted by molar-refractivity contribution is 7.80. The monoisotopic (exact) mass is 241 g/mol. The van der Waals surface area contributed by atoms with Crippen LogP contribution in [0.5, 0.6) is 0 Å². The Morgan fingerprint density at radius 2 is 2.33 bits per heavy atom. The first-order valence-corrected chi connectivity index (χ1v) is 4.89. The van der Waals surface area contributed by atoms with Crippen LogP contribution in [0.3, 0.4) is 0 Å². The van der Waals surface area contributed by atoms with E-state index in [-0.39, 0.29) is 6.42 Å². The van der Waals surface area contributed by atoms with Crippen LogP contribution in [0.4, 0.5) is 0 Å². The minimum absolute atomic E-state index is 0.00765. The molecular weight excluding hydrogens is 234 g/mol. The standard InChI is InChI=1S/C10H8ClNO2S/c1-14-10(13)4-8-6(5-12)2-7(15)3-9(8)11/h2-3,15H,4H2,1H3. The van der Waals surface area contributed by atoms with Crippen molar-refractivity contribution in [1.82, 2.24) is 0 Å². The quantitative estimate of drug-likeness (QED) is 0.638. The van der Waals surface area contributed by atoms with Crippen LogP contribution in [0.25, 0.3) is 0 Å². The largest absolute Gasteiger partial charge is 0.469 e. The van der Waals surface area contributed by atoms with E-state index in [1.165, 1.54) is 7.11 Å². The van der Waals surface area contributed by atoms with Crippen molar-refractivity contribution in [2.75, 3.05) is 7.11 Å². The summed E-state index contributed by atoms with van der Waals surface area (Å²) >= 11 is 9.99. The normalized spacial score (nSPS) is 9.47. The zero-order valence-electron chi connectivity index (χ0n) is 7.95. The van der Waals surface area contributed by atoms with E-state index >= 15 is 0 Å². The third-order valence-corrected chi connectivity index (χ3v) is 2.44. The highest BCUT2D eigenvalue weighted by Gasteiger charge is 2.12. The van der Waals surface area contributed by atoms with Gasteiger partial charge in [0.2, 0.25) is 0 Å². The van der Waals surface area contributed by atoms with Gasteiger partial charge in [0.25, 0.3) is 0 Å². The molecule has 0 unspecified atom stereocenters. The van der Waals surface area contributed by atoms with Gasteiger partial charge in [0.15, 0.2) is 0 Å². The molecule has 0 saturated heterocycles. The number of hydrogen-bond donors (Lipinski definition) is 1. The summed E-state index contributed by atoms with van der Waals surface area (Å²) in [6.07, 6.45) is -0.00765. The minimum atomic E-state index is -0.430.